The second-order valence-electron chi connectivity index (χ2n) is 5.29. The number of aromatic nitrogens is 2. The maximum Gasteiger partial charge on any atom is 0.293 e. The van der Waals surface area contributed by atoms with Gasteiger partial charge in [0.05, 0.1) is 0 Å². The van der Waals surface area contributed by atoms with Crippen LogP contribution in [0.25, 0.3) is 0 Å². The number of nitrogens with zero attached hydrogens (tertiary/aromatic N) is 2. The molecule has 1 saturated carbocycles. The molecule has 1 aliphatic carbocycles. The second kappa shape index (κ2) is 5.10. The lowest BCUT2D eigenvalue weighted by Gasteiger charge is -2.10. The van der Waals surface area contributed by atoms with E-state index in [1.54, 1.807) is 12.4 Å². The molecule has 0 spiro atoms. The maximum atomic E-state index is 12.1. The molecule has 5 heteroatoms. The van der Waals surface area contributed by atoms with Crippen molar-refractivity contribution in [3.8, 4) is 0 Å². The van der Waals surface area contributed by atoms with E-state index in [0.29, 0.717) is 11.9 Å². The largest absolute Gasteiger partial charge is 0.365 e. The lowest BCUT2D eigenvalue weighted by Crippen LogP contribution is -2.24. The molecule has 0 bridgehead atoms. The summed E-state index contributed by atoms with van der Waals surface area (Å²) in [4.78, 5) is 16.3. The van der Waals surface area contributed by atoms with E-state index >= 15 is 0 Å². The summed E-state index contributed by atoms with van der Waals surface area (Å²) >= 11 is 0. The van der Waals surface area contributed by atoms with Gasteiger partial charge in [-0.1, -0.05) is 0 Å². The SMILES string of the molecule is O=c1c(NCCC2CCNC2)nccn1C1CC1. The third-order valence-electron chi connectivity index (χ3n) is 3.82. The summed E-state index contributed by atoms with van der Waals surface area (Å²) in [6.45, 7) is 3.07. The van der Waals surface area contributed by atoms with Gasteiger partial charge >= 0.3 is 0 Å². The Morgan fingerprint density at radius 2 is 2.33 bits per heavy atom. The normalized spacial score (nSPS) is 23.2. The summed E-state index contributed by atoms with van der Waals surface area (Å²) in [5.74, 6) is 1.25. The van der Waals surface area contributed by atoms with Crippen molar-refractivity contribution in [2.45, 2.75) is 31.7 Å². The van der Waals surface area contributed by atoms with Crippen molar-refractivity contribution in [1.82, 2.24) is 14.9 Å². The van der Waals surface area contributed by atoms with Gasteiger partial charge in [-0.3, -0.25) is 4.79 Å². The van der Waals surface area contributed by atoms with Gasteiger partial charge in [0.2, 0.25) is 0 Å². The van der Waals surface area contributed by atoms with Crippen LogP contribution in [0.5, 0.6) is 0 Å². The van der Waals surface area contributed by atoms with Crippen LogP contribution in [0.3, 0.4) is 0 Å². The van der Waals surface area contributed by atoms with Crippen LogP contribution < -0.4 is 16.2 Å². The molecule has 2 aliphatic rings. The van der Waals surface area contributed by atoms with Gasteiger partial charge in [-0.15, -0.1) is 0 Å². The molecule has 1 saturated heterocycles. The Morgan fingerprint density at radius 1 is 1.44 bits per heavy atom. The first kappa shape index (κ1) is 11.7. The van der Waals surface area contributed by atoms with Crippen LogP contribution in [0.1, 0.15) is 31.7 Å². The highest BCUT2D eigenvalue weighted by Gasteiger charge is 2.25. The predicted molar refractivity (Wildman–Crippen MR) is 70.9 cm³/mol. The Hall–Kier alpha value is -1.36. The van der Waals surface area contributed by atoms with Gasteiger partial charge < -0.3 is 15.2 Å². The molecule has 98 valence electrons. The molecule has 18 heavy (non-hydrogen) atoms. The Balaban J connectivity index is 1.58. The summed E-state index contributed by atoms with van der Waals surface area (Å²) in [5.41, 5.74) is 0.0320. The Labute approximate surface area is 107 Å². The summed E-state index contributed by atoms with van der Waals surface area (Å²) in [5, 5.41) is 6.55. The maximum absolute atomic E-state index is 12.1. The average Bonchev–Trinajstić information content (AvgIpc) is 3.09. The molecule has 1 aromatic rings. The molecule has 1 aromatic heterocycles. The van der Waals surface area contributed by atoms with E-state index in [4.69, 9.17) is 0 Å². The summed E-state index contributed by atoms with van der Waals surface area (Å²) in [7, 11) is 0. The first-order valence-corrected chi connectivity index (χ1v) is 6.86. The average molecular weight is 248 g/mol. The third-order valence-corrected chi connectivity index (χ3v) is 3.82. The van der Waals surface area contributed by atoms with Crippen LogP contribution >= 0.6 is 0 Å². The van der Waals surface area contributed by atoms with E-state index in [-0.39, 0.29) is 5.56 Å². The van der Waals surface area contributed by atoms with Gasteiger partial charge in [0.15, 0.2) is 5.82 Å². The van der Waals surface area contributed by atoms with Crippen molar-refractivity contribution in [3.05, 3.63) is 22.7 Å². The molecule has 3 rings (SSSR count). The molecule has 2 fully saturated rings. The topological polar surface area (TPSA) is 59.0 Å². The van der Waals surface area contributed by atoms with E-state index < -0.39 is 0 Å². The highest BCUT2D eigenvalue weighted by molar-refractivity contribution is 5.31. The minimum atomic E-state index is 0.0320. The van der Waals surface area contributed by atoms with Gasteiger partial charge in [0.1, 0.15) is 0 Å². The summed E-state index contributed by atoms with van der Waals surface area (Å²) < 4.78 is 1.81. The lowest BCUT2D eigenvalue weighted by molar-refractivity contribution is 0.548. The fourth-order valence-corrected chi connectivity index (χ4v) is 2.54. The smallest absolute Gasteiger partial charge is 0.293 e. The van der Waals surface area contributed by atoms with Crippen LogP contribution in [0.4, 0.5) is 5.82 Å². The molecule has 0 radical (unpaired) electrons. The van der Waals surface area contributed by atoms with Crippen molar-refractivity contribution in [3.63, 3.8) is 0 Å². The number of rotatable bonds is 5. The van der Waals surface area contributed by atoms with Gasteiger partial charge in [0.25, 0.3) is 5.56 Å². The van der Waals surface area contributed by atoms with E-state index in [9.17, 15) is 4.79 Å². The number of hydrogen-bond acceptors (Lipinski definition) is 4. The van der Waals surface area contributed by atoms with Crippen LogP contribution in [0.2, 0.25) is 0 Å². The van der Waals surface area contributed by atoms with Crippen LogP contribution in [0, 0.1) is 5.92 Å². The minimum absolute atomic E-state index is 0.0320. The van der Waals surface area contributed by atoms with Gasteiger partial charge in [-0.05, 0) is 44.7 Å². The Kier molecular flexibility index (Phi) is 3.32. The van der Waals surface area contributed by atoms with Crippen molar-refractivity contribution in [1.29, 1.82) is 0 Å². The van der Waals surface area contributed by atoms with Gasteiger partial charge in [-0.2, -0.15) is 0 Å². The highest BCUT2D eigenvalue weighted by atomic mass is 16.1. The van der Waals surface area contributed by atoms with Crippen molar-refractivity contribution in [2.75, 3.05) is 25.0 Å². The van der Waals surface area contributed by atoms with E-state index in [2.05, 4.69) is 15.6 Å². The summed E-state index contributed by atoms with van der Waals surface area (Å²) in [6, 6.07) is 0.417. The first-order valence-electron chi connectivity index (χ1n) is 6.86. The fraction of sp³-hybridized carbons (Fsp3) is 0.692. The molecule has 2 N–H and O–H groups in total. The fourth-order valence-electron chi connectivity index (χ4n) is 2.54. The number of hydrogen-bond donors (Lipinski definition) is 2. The Morgan fingerprint density at radius 3 is 3.06 bits per heavy atom. The molecule has 0 amide bonds. The van der Waals surface area contributed by atoms with E-state index in [1.807, 2.05) is 4.57 Å². The van der Waals surface area contributed by atoms with Crippen LogP contribution in [-0.2, 0) is 0 Å². The number of nitrogens with one attached hydrogen (secondary N) is 2. The van der Waals surface area contributed by atoms with Crippen molar-refractivity contribution >= 4 is 5.82 Å². The second-order valence-corrected chi connectivity index (χ2v) is 5.29. The van der Waals surface area contributed by atoms with Crippen LogP contribution in [-0.4, -0.2) is 29.2 Å². The van der Waals surface area contributed by atoms with Crippen LogP contribution in [0.15, 0.2) is 17.2 Å². The molecule has 1 unspecified atom stereocenters. The number of anilines is 1. The molecule has 1 atom stereocenters. The standard InChI is InChI=1S/C13H20N4O/c18-13-12(15-6-4-10-3-5-14-9-10)16-7-8-17(13)11-1-2-11/h7-8,10-11,14H,1-6,9H2,(H,15,16). The van der Waals surface area contributed by atoms with Gasteiger partial charge in [-0.25, -0.2) is 4.98 Å². The van der Waals surface area contributed by atoms with Gasteiger partial charge in [0, 0.05) is 25.0 Å². The molecular weight excluding hydrogens is 228 g/mol. The molecule has 1 aliphatic heterocycles. The van der Waals surface area contributed by atoms with Crippen molar-refractivity contribution < 1.29 is 0 Å². The molecule has 5 nitrogen and oxygen atoms in total. The van der Waals surface area contributed by atoms with Crippen molar-refractivity contribution in [2.24, 2.45) is 5.92 Å². The van der Waals surface area contributed by atoms with E-state index in [1.165, 1.54) is 6.42 Å². The third kappa shape index (κ3) is 2.56. The molecule has 0 aromatic carbocycles. The monoisotopic (exact) mass is 248 g/mol. The molecule has 2 heterocycles. The lowest BCUT2D eigenvalue weighted by atomic mass is 10.1. The van der Waals surface area contributed by atoms with E-state index in [0.717, 1.165) is 44.8 Å². The zero-order valence-electron chi connectivity index (χ0n) is 10.6. The Bertz CT molecular complexity index is 460. The zero-order valence-corrected chi connectivity index (χ0v) is 10.6. The predicted octanol–water partition coefficient (Wildman–Crippen LogP) is 0.990. The highest BCUT2D eigenvalue weighted by Crippen LogP contribution is 2.33. The summed E-state index contributed by atoms with van der Waals surface area (Å²) in [6.07, 6.45) is 8.11. The zero-order chi connectivity index (χ0) is 12.4. The first-order chi connectivity index (χ1) is 8.84. The minimum Gasteiger partial charge on any atom is -0.365 e. The molecular formula is C13H20N4O. The quantitative estimate of drug-likeness (QED) is 0.816.